The minimum atomic E-state index is -2.54. The van der Waals surface area contributed by atoms with Gasteiger partial charge in [0.05, 0.1) is 19.8 Å². The summed E-state index contributed by atoms with van der Waals surface area (Å²) in [5.74, 6) is 0. The molecule has 3 aliphatic heterocycles. The molecule has 0 N–H and O–H groups in total. The van der Waals surface area contributed by atoms with E-state index in [0.717, 1.165) is 39.5 Å². The molecule has 2 bridgehead atoms. The quantitative estimate of drug-likeness (QED) is 0.705. The first kappa shape index (κ1) is 19.0. The van der Waals surface area contributed by atoms with Crippen LogP contribution in [-0.4, -0.2) is 74.5 Å². The fraction of sp³-hybridized carbons (Fsp3) is 1.00. The number of hydrogen-bond acceptors (Lipinski definition) is 4. The average molecular weight is 378 g/mol. The second-order valence-electron chi connectivity index (χ2n) is 8.70. The fourth-order valence-corrected chi connectivity index (χ4v) is 77.5. The molecule has 3 fully saturated rings. The first-order valence-corrected chi connectivity index (χ1v) is 22.7. The normalized spacial score (nSPS) is 31.5. The molecule has 0 spiro atoms. The summed E-state index contributed by atoms with van der Waals surface area (Å²) >= 11 is 0. The summed E-state index contributed by atoms with van der Waals surface area (Å²) in [4.78, 5) is 2.41. The van der Waals surface area contributed by atoms with Crippen molar-refractivity contribution in [2.45, 2.75) is 52.2 Å². The van der Waals surface area contributed by atoms with E-state index >= 15 is 0 Å². The minimum Gasteiger partial charge on any atom is -0.375 e. The SMILES string of the molecule is CC[Si]([Si](C)(C)C)([Si](C)(C)C)[Si]12OCCN(CCO1)CCO2. The van der Waals surface area contributed by atoms with E-state index < -0.39 is 30.1 Å². The molecule has 4 nitrogen and oxygen atoms in total. The number of nitrogens with zero attached hydrogens (tertiary/aromatic N) is 1. The Balaban J connectivity index is 2.56. The van der Waals surface area contributed by atoms with E-state index in [4.69, 9.17) is 13.3 Å². The molecule has 0 aromatic carbocycles. The van der Waals surface area contributed by atoms with Crippen LogP contribution in [-0.2, 0) is 13.3 Å². The molecule has 0 radical (unpaired) electrons. The Morgan fingerprint density at radius 2 is 1.14 bits per heavy atom. The molecule has 0 atom stereocenters. The Morgan fingerprint density at radius 3 is 1.41 bits per heavy atom. The summed E-state index contributed by atoms with van der Waals surface area (Å²) in [5, 5.41) is 0. The molecule has 3 heterocycles. The van der Waals surface area contributed by atoms with E-state index in [9.17, 15) is 0 Å². The van der Waals surface area contributed by atoms with Crippen molar-refractivity contribution < 1.29 is 13.3 Å². The van der Waals surface area contributed by atoms with Gasteiger partial charge in [-0.2, -0.15) is 0 Å². The van der Waals surface area contributed by atoms with Crippen LogP contribution >= 0.6 is 0 Å². The molecule has 22 heavy (non-hydrogen) atoms. The van der Waals surface area contributed by atoms with Crippen LogP contribution in [0.2, 0.25) is 45.3 Å². The lowest BCUT2D eigenvalue weighted by Gasteiger charge is -2.57. The molecule has 0 unspecified atom stereocenters. The molecule has 130 valence electrons. The second kappa shape index (κ2) is 6.55. The van der Waals surface area contributed by atoms with Gasteiger partial charge in [0.25, 0.3) is 0 Å². The zero-order valence-electron chi connectivity index (χ0n) is 15.6. The van der Waals surface area contributed by atoms with Crippen LogP contribution < -0.4 is 0 Å². The Kier molecular flexibility index (Phi) is 5.67. The Labute approximate surface area is 140 Å². The van der Waals surface area contributed by atoms with Gasteiger partial charge in [0.1, 0.15) is 6.63 Å². The van der Waals surface area contributed by atoms with Crippen molar-refractivity contribution in [3.63, 3.8) is 0 Å². The summed E-state index contributed by atoms with van der Waals surface area (Å²) in [5.41, 5.74) is 0. The van der Waals surface area contributed by atoms with E-state index in [-0.39, 0.29) is 0 Å². The maximum Gasteiger partial charge on any atom is 0.464 e. The van der Waals surface area contributed by atoms with E-state index in [0.29, 0.717) is 0 Å². The van der Waals surface area contributed by atoms with E-state index in [1.54, 1.807) is 0 Å². The van der Waals surface area contributed by atoms with Crippen molar-refractivity contribution in [3.8, 4) is 0 Å². The van der Waals surface area contributed by atoms with E-state index in [2.05, 4.69) is 51.1 Å². The Hall–Kier alpha value is 0.708. The van der Waals surface area contributed by atoms with Crippen molar-refractivity contribution in [3.05, 3.63) is 0 Å². The average Bonchev–Trinajstić information content (AvgIpc) is 2.26. The van der Waals surface area contributed by atoms with Gasteiger partial charge in [0.15, 0.2) is 0 Å². The lowest BCUT2D eigenvalue weighted by Crippen LogP contribution is -2.88. The van der Waals surface area contributed by atoms with Gasteiger partial charge >= 0.3 is 8.32 Å². The van der Waals surface area contributed by atoms with Crippen LogP contribution in [0.3, 0.4) is 0 Å². The van der Waals surface area contributed by atoms with Gasteiger partial charge in [-0.3, -0.25) is 4.90 Å². The van der Waals surface area contributed by atoms with E-state index in [1.165, 1.54) is 6.04 Å². The van der Waals surface area contributed by atoms with Crippen LogP contribution in [0.1, 0.15) is 6.92 Å². The van der Waals surface area contributed by atoms with Crippen LogP contribution in [0.5, 0.6) is 0 Å². The van der Waals surface area contributed by atoms with Crippen LogP contribution in [0.15, 0.2) is 0 Å². The molecular formula is C14H35NO3Si4. The fourth-order valence-electron chi connectivity index (χ4n) is 5.08. The van der Waals surface area contributed by atoms with Gasteiger partial charge in [-0.05, 0) is 0 Å². The highest BCUT2D eigenvalue weighted by molar-refractivity contribution is 7.87. The summed E-state index contributed by atoms with van der Waals surface area (Å²) in [7, 11) is -5.38. The topological polar surface area (TPSA) is 30.9 Å². The third kappa shape index (κ3) is 3.01. The zero-order chi connectivity index (χ0) is 16.6. The molecule has 0 aliphatic carbocycles. The summed E-state index contributed by atoms with van der Waals surface area (Å²) in [6.07, 6.45) is 0. The van der Waals surface area contributed by atoms with Crippen LogP contribution in [0.4, 0.5) is 0 Å². The highest BCUT2D eigenvalue weighted by Gasteiger charge is 2.72. The van der Waals surface area contributed by atoms with E-state index in [1.807, 2.05) is 0 Å². The summed E-state index contributed by atoms with van der Waals surface area (Å²) in [6.45, 7) is 21.6. The van der Waals surface area contributed by atoms with Crippen LogP contribution in [0, 0.1) is 0 Å². The van der Waals surface area contributed by atoms with Crippen molar-refractivity contribution in [2.75, 3.05) is 39.5 Å². The van der Waals surface area contributed by atoms with Crippen molar-refractivity contribution >= 4 is 30.1 Å². The highest BCUT2D eigenvalue weighted by Crippen LogP contribution is 2.42. The van der Waals surface area contributed by atoms with Gasteiger partial charge in [0.2, 0.25) is 0 Å². The first-order chi connectivity index (χ1) is 10.1. The lowest BCUT2D eigenvalue weighted by molar-refractivity contribution is 0.00529. The summed E-state index contributed by atoms with van der Waals surface area (Å²) < 4.78 is 19.9. The largest absolute Gasteiger partial charge is 0.464 e. The summed E-state index contributed by atoms with van der Waals surface area (Å²) in [6, 6.07) is 1.27. The number of rotatable bonds is 4. The van der Waals surface area contributed by atoms with Gasteiger partial charge in [-0.1, -0.05) is 52.2 Å². The smallest absolute Gasteiger partial charge is 0.375 e. The third-order valence-corrected chi connectivity index (χ3v) is 70.2. The molecule has 3 saturated heterocycles. The monoisotopic (exact) mass is 377 g/mol. The van der Waals surface area contributed by atoms with Crippen molar-refractivity contribution in [1.82, 2.24) is 4.90 Å². The molecule has 0 amide bonds. The van der Waals surface area contributed by atoms with Gasteiger partial charge in [-0.15, -0.1) is 0 Å². The third-order valence-electron chi connectivity index (χ3n) is 5.71. The first-order valence-electron chi connectivity index (χ1n) is 8.74. The zero-order valence-corrected chi connectivity index (χ0v) is 19.6. The van der Waals surface area contributed by atoms with Crippen LogP contribution in [0.25, 0.3) is 0 Å². The molecule has 8 heteroatoms. The Morgan fingerprint density at radius 1 is 0.773 bits per heavy atom. The van der Waals surface area contributed by atoms with Gasteiger partial charge in [0, 0.05) is 34.8 Å². The van der Waals surface area contributed by atoms with Gasteiger partial charge < -0.3 is 13.3 Å². The second-order valence-corrected chi connectivity index (χ2v) is 45.2. The predicted molar refractivity (Wildman–Crippen MR) is 103 cm³/mol. The molecule has 3 rings (SSSR count). The number of hydrogen-bond donors (Lipinski definition) is 0. The molecule has 0 aromatic heterocycles. The molecule has 0 aromatic rings. The van der Waals surface area contributed by atoms with Crippen molar-refractivity contribution in [1.29, 1.82) is 0 Å². The molecule has 3 aliphatic rings. The molecular weight excluding hydrogens is 343 g/mol. The Bertz CT molecular complexity index is 354. The van der Waals surface area contributed by atoms with Crippen molar-refractivity contribution in [2.24, 2.45) is 0 Å². The minimum absolute atomic E-state index is 0.802. The predicted octanol–water partition coefficient (Wildman–Crippen LogP) is 2.68. The standard InChI is InChI=1S/C14H35NO3Si4/c1-8-21(19(2,3)4,20(5,6)7)22-16-12-9-15(10-13-17-22)11-14-18-22/h8-14H2,1-7H3. The lowest BCUT2D eigenvalue weighted by atomic mass is 10.4. The maximum absolute atomic E-state index is 6.63. The highest BCUT2D eigenvalue weighted by atomic mass is 29.9. The molecule has 0 saturated carbocycles. The number of fused-ring (bicyclic) bond motifs is 6. The van der Waals surface area contributed by atoms with Gasteiger partial charge in [-0.25, -0.2) is 0 Å². The maximum atomic E-state index is 6.63.